The summed E-state index contributed by atoms with van der Waals surface area (Å²) < 4.78 is 11.0. The fourth-order valence-electron chi connectivity index (χ4n) is 3.12. The van der Waals surface area contributed by atoms with Crippen molar-refractivity contribution >= 4 is 17.5 Å². The number of rotatable bonds is 6. The largest absolute Gasteiger partial charge is 0.474 e. The van der Waals surface area contributed by atoms with E-state index in [1.165, 1.54) is 12.8 Å². The van der Waals surface area contributed by atoms with Crippen LogP contribution < -0.4 is 10.1 Å². The van der Waals surface area contributed by atoms with Gasteiger partial charge in [-0.05, 0) is 31.7 Å². The van der Waals surface area contributed by atoms with E-state index in [-0.39, 0.29) is 30.8 Å². The summed E-state index contributed by atoms with van der Waals surface area (Å²) in [6.07, 6.45) is 6.81. The van der Waals surface area contributed by atoms with Crippen molar-refractivity contribution in [3.05, 3.63) is 18.3 Å². The molecule has 2 aliphatic rings. The van der Waals surface area contributed by atoms with Gasteiger partial charge in [0.25, 0.3) is 0 Å². The Hall–Kier alpha value is -2.15. The molecule has 2 fully saturated rings. The molecule has 1 saturated carbocycles. The third kappa shape index (κ3) is 5.42. The summed E-state index contributed by atoms with van der Waals surface area (Å²) in [5.74, 6) is 0.400. The zero-order valence-corrected chi connectivity index (χ0v) is 14.4. The summed E-state index contributed by atoms with van der Waals surface area (Å²) in [5, 5.41) is 2.77. The van der Waals surface area contributed by atoms with Gasteiger partial charge in [-0.15, -0.1) is 0 Å². The minimum Gasteiger partial charge on any atom is -0.474 e. The average Bonchev–Trinajstić information content (AvgIpc) is 3.15. The van der Waals surface area contributed by atoms with Crippen LogP contribution in [0.5, 0.6) is 5.88 Å². The third-order valence-corrected chi connectivity index (χ3v) is 4.54. The number of aromatic nitrogens is 1. The van der Waals surface area contributed by atoms with Crippen LogP contribution in [0, 0.1) is 0 Å². The van der Waals surface area contributed by atoms with Crippen LogP contribution in [0.1, 0.15) is 38.5 Å². The van der Waals surface area contributed by atoms with Crippen molar-refractivity contribution < 1.29 is 19.1 Å². The van der Waals surface area contributed by atoms with E-state index in [1.54, 1.807) is 23.2 Å². The van der Waals surface area contributed by atoms with Gasteiger partial charge in [0.2, 0.25) is 17.7 Å². The van der Waals surface area contributed by atoms with Crippen LogP contribution >= 0.6 is 0 Å². The van der Waals surface area contributed by atoms with Crippen LogP contribution in [0.3, 0.4) is 0 Å². The molecule has 1 aliphatic carbocycles. The molecule has 136 valence electrons. The van der Waals surface area contributed by atoms with Gasteiger partial charge in [-0.2, -0.15) is 0 Å². The van der Waals surface area contributed by atoms with E-state index in [0.717, 1.165) is 12.8 Å². The predicted molar refractivity (Wildman–Crippen MR) is 92.4 cm³/mol. The predicted octanol–water partition coefficient (Wildman–Crippen LogP) is 1.98. The van der Waals surface area contributed by atoms with Crippen LogP contribution in [-0.2, 0) is 14.3 Å². The highest BCUT2D eigenvalue weighted by atomic mass is 16.5. The van der Waals surface area contributed by atoms with Crippen molar-refractivity contribution in [3.8, 4) is 5.88 Å². The Kier molecular flexibility index (Phi) is 6.22. The molecule has 0 bridgehead atoms. The van der Waals surface area contributed by atoms with Gasteiger partial charge in [0.05, 0.1) is 25.1 Å². The molecular formula is C18H25N3O4. The highest BCUT2D eigenvalue weighted by Gasteiger charge is 2.18. The summed E-state index contributed by atoms with van der Waals surface area (Å²) in [6.45, 7) is 2.34. The Labute approximate surface area is 147 Å². The number of ether oxygens (including phenoxy) is 2. The van der Waals surface area contributed by atoms with Gasteiger partial charge in [0, 0.05) is 32.0 Å². The molecule has 1 aromatic heterocycles. The lowest BCUT2D eigenvalue weighted by atomic mass is 10.2. The number of amides is 2. The number of anilines is 1. The molecule has 2 heterocycles. The number of carbonyl (C=O) groups excluding carboxylic acids is 2. The third-order valence-electron chi connectivity index (χ3n) is 4.54. The average molecular weight is 347 g/mol. The van der Waals surface area contributed by atoms with Gasteiger partial charge < -0.3 is 19.7 Å². The molecule has 2 amide bonds. The van der Waals surface area contributed by atoms with E-state index in [9.17, 15) is 9.59 Å². The molecule has 1 saturated heterocycles. The number of carbonyl (C=O) groups is 2. The SMILES string of the molecule is O=C(CCC(=O)N1CCOCC1)Nc1ccc(OC2CCCC2)nc1. The number of nitrogens with zero attached hydrogens (tertiary/aromatic N) is 2. The molecule has 0 unspecified atom stereocenters. The fourth-order valence-corrected chi connectivity index (χ4v) is 3.12. The van der Waals surface area contributed by atoms with Crippen molar-refractivity contribution in [3.63, 3.8) is 0 Å². The Morgan fingerprint density at radius 2 is 1.96 bits per heavy atom. The number of hydrogen-bond donors (Lipinski definition) is 1. The molecule has 25 heavy (non-hydrogen) atoms. The van der Waals surface area contributed by atoms with Gasteiger partial charge in [0.15, 0.2) is 0 Å². The zero-order chi connectivity index (χ0) is 17.5. The molecule has 0 spiro atoms. The summed E-state index contributed by atoms with van der Waals surface area (Å²) in [7, 11) is 0. The van der Waals surface area contributed by atoms with Gasteiger partial charge >= 0.3 is 0 Å². The second-order valence-corrected chi connectivity index (χ2v) is 6.45. The van der Waals surface area contributed by atoms with E-state index >= 15 is 0 Å². The number of hydrogen-bond acceptors (Lipinski definition) is 5. The van der Waals surface area contributed by atoms with Crippen molar-refractivity contribution in [2.45, 2.75) is 44.6 Å². The van der Waals surface area contributed by atoms with E-state index in [1.807, 2.05) is 0 Å². The molecule has 7 heteroatoms. The van der Waals surface area contributed by atoms with Crippen LogP contribution in [0.4, 0.5) is 5.69 Å². The maximum atomic E-state index is 12.0. The van der Waals surface area contributed by atoms with E-state index in [0.29, 0.717) is 37.9 Å². The quantitative estimate of drug-likeness (QED) is 0.851. The zero-order valence-electron chi connectivity index (χ0n) is 14.4. The minimum atomic E-state index is -0.187. The second kappa shape index (κ2) is 8.80. The lowest BCUT2D eigenvalue weighted by molar-refractivity contribution is -0.136. The molecule has 0 radical (unpaired) electrons. The Morgan fingerprint density at radius 3 is 2.64 bits per heavy atom. The van der Waals surface area contributed by atoms with Crippen LogP contribution in [-0.4, -0.2) is 54.1 Å². The second-order valence-electron chi connectivity index (χ2n) is 6.45. The van der Waals surface area contributed by atoms with Crippen molar-refractivity contribution in [1.29, 1.82) is 0 Å². The van der Waals surface area contributed by atoms with E-state index in [4.69, 9.17) is 9.47 Å². The van der Waals surface area contributed by atoms with Gasteiger partial charge in [-0.25, -0.2) is 4.98 Å². The highest BCUT2D eigenvalue weighted by Crippen LogP contribution is 2.23. The normalized spacial score (nSPS) is 18.2. The molecule has 1 N–H and O–H groups in total. The molecule has 3 rings (SSSR count). The van der Waals surface area contributed by atoms with E-state index in [2.05, 4.69) is 10.3 Å². The summed E-state index contributed by atoms with van der Waals surface area (Å²) in [6, 6.07) is 3.55. The molecule has 0 atom stereocenters. The first-order chi connectivity index (χ1) is 12.2. The molecule has 1 aliphatic heterocycles. The van der Waals surface area contributed by atoms with Gasteiger partial charge in [-0.1, -0.05) is 0 Å². The summed E-state index contributed by atoms with van der Waals surface area (Å²) >= 11 is 0. The summed E-state index contributed by atoms with van der Waals surface area (Å²) in [4.78, 5) is 30.0. The Balaban J connectivity index is 1.40. The highest BCUT2D eigenvalue weighted by molar-refractivity contribution is 5.93. The topological polar surface area (TPSA) is 80.8 Å². The minimum absolute atomic E-state index is 0.00288. The number of nitrogens with one attached hydrogen (secondary N) is 1. The van der Waals surface area contributed by atoms with Crippen LogP contribution in [0.25, 0.3) is 0 Å². The molecular weight excluding hydrogens is 322 g/mol. The maximum Gasteiger partial charge on any atom is 0.224 e. The van der Waals surface area contributed by atoms with Crippen molar-refractivity contribution in [2.75, 3.05) is 31.6 Å². The lowest BCUT2D eigenvalue weighted by Gasteiger charge is -2.26. The van der Waals surface area contributed by atoms with Crippen molar-refractivity contribution in [1.82, 2.24) is 9.88 Å². The Morgan fingerprint density at radius 1 is 1.20 bits per heavy atom. The monoisotopic (exact) mass is 347 g/mol. The summed E-state index contributed by atoms with van der Waals surface area (Å²) in [5.41, 5.74) is 0.614. The van der Waals surface area contributed by atoms with Crippen LogP contribution in [0.2, 0.25) is 0 Å². The van der Waals surface area contributed by atoms with Gasteiger partial charge in [0.1, 0.15) is 6.10 Å². The van der Waals surface area contributed by atoms with Gasteiger partial charge in [-0.3, -0.25) is 9.59 Å². The fraction of sp³-hybridized carbons (Fsp3) is 0.611. The first kappa shape index (κ1) is 17.7. The standard InChI is InChI=1S/C18H25N3O4/c22-16(6-8-18(23)21-9-11-24-12-10-21)20-14-5-7-17(19-13-14)25-15-3-1-2-4-15/h5,7,13,15H,1-4,6,8-12H2,(H,20,22). The molecule has 7 nitrogen and oxygen atoms in total. The smallest absolute Gasteiger partial charge is 0.224 e. The lowest BCUT2D eigenvalue weighted by Crippen LogP contribution is -2.40. The van der Waals surface area contributed by atoms with E-state index < -0.39 is 0 Å². The first-order valence-electron chi connectivity index (χ1n) is 8.99. The molecule has 1 aromatic rings. The first-order valence-corrected chi connectivity index (χ1v) is 8.99. The molecule has 0 aromatic carbocycles. The number of pyridine rings is 1. The van der Waals surface area contributed by atoms with Crippen molar-refractivity contribution in [2.24, 2.45) is 0 Å². The number of morpholine rings is 1. The Bertz CT molecular complexity index is 578. The van der Waals surface area contributed by atoms with Crippen LogP contribution in [0.15, 0.2) is 18.3 Å². The maximum absolute atomic E-state index is 12.0.